The van der Waals surface area contributed by atoms with Gasteiger partial charge in [-0.25, -0.2) is 4.98 Å². The van der Waals surface area contributed by atoms with Crippen molar-refractivity contribution in [3.05, 3.63) is 59.6 Å². The molecule has 0 aliphatic rings. The lowest BCUT2D eigenvalue weighted by molar-refractivity contribution is 0.102. The van der Waals surface area contributed by atoms with Crippen LogP contribution in [0.15, 0.2) is 54.0 Å². The van der Waals surface area contributed by atoms with Gasteiger partial charge in [0.1, 0.15) is 17.2 Å². The maximum atomic E-state index is 12.6. The Balaban J connectivity index is 1.86. The SMILES string of the molecule is CC(C)Oc1cc(Oc2ccc([P+](=O)O)cc2)cc(C(=O)Nc2nccs2)c1. The molecule has 1 amide bonds. The van der Waals surface area contributed by atoms with Crippen LogP contribution in [-0.2, 0) is 4.57 Å². The highest BCUT2D eigenvalue weighted by molar-refractivity contribution is 7.47. The summed E-state index contributed by atoms with van der Waals surface area (Å²) in [5.41, 5.74) is 0.360. The molecular weight excluding hydrogens is 399 g/mol. The molecular formula is C19H18N2O5PS+. The predicted molar refractivity (Wildman–Crippen MR) is 108 cm³/mol. The topological polar surface area (TPSA) is 97.8 Å². The number of ether oxygens (including phenoxy) is 2. The van der Waals surface area contributed by atoms with E-state index in [0.717, 1.165) is 0 Å². The minimum absolute atomic E-state index is 0.0785. The van der Waals surface area contributed by atoms with Crippen LogP contribution in [0.3, 0.4) is 0 Å². The summed E-state index contributed by atoms with van der Waals surface area (Å²) in [6.45, 7) is 3.77. The van der Waals surface area contributed by atoms with Crippen molar-refractivity contribution in [3.8, 4) is 17.2 Å². The molecule has 1 aromatic heterocycles. The molecule has 0 radical (unpaired) electrons. The fraction of sp³-hybridized carbons (Fsp3) is 0.158. The summed E-state index contributed by atoms with van der Waals surface area (Å²) < 4.78 is 22.6. The molecule has 7 nitrogen and oxygen atoms in total. The first-order valence-corrected chi connectivity index (χ1v) is 10.5. The Morgan fingerprint density at radius 1 is 1.14 bits per heavy atom. The van der Waals surface area contributed by atoms with Crippen molar-refractivity contribution in [1.29, 1.82) is 0 Å². The summed E-state index contributed by atoms with van der Waals surface area (Å²) >= 11 is 1.32. The van der Waals surface area contributed by atoms with Gasteiger partial charge in [-0.2, -0.15) is 4.89 Å². The first kappa shape index (κ1) is 19.9. The Morgan fingerprint density at radius 3 is 2.46 bits per heavy atom. The average Bonchev–Trinajstić information content (AvgIpc) is 3.14. The molecule has 1 atom stereocenters. The smallest absolute Gasteiger partial charge is 0.491 e. The largest absolute Gasteiger partial charge is 0.546 e. The van der Waals surface area contributed by atoms with Gasteiger partial charge < -0.3 is 9.47 Å². The Bertz CT molecular complexity index is 974. The van der Waals surface area contributed by atoms with E-state index in [2.05, 4.69) is 10.3 Å². The molecule has 0 saturated carbocycles. The second kappa shape index (κ2) is 8.93. The van der Waals surface area contributed by atoms with Gasteiger partial charge in [0, 0.05) is 23.2 Å². The van der Waals surface area contributed by atoms with Crippen molar-refractivity contribution in [1.82, 2.24) is 4.98 Å². The third kappa shape index (κ3) is 5.36. The molecule has 0 spiro atoms. The number of carbonyl (C=O) groups excluding carboxylic acids is 1. The molecule has 3 aromatic rings. The van der Waals surface area contributed by atoms with Gasteiger partial charge in [-0.3, -0.25) is 10.1 Å². The Morgan fingerprint density at radius 2 is 1.86 bits per heavy atom. The molecule has 28 heavy (non-hydrogen) atoms. The van der Waals surface area contributed by atoms with Crippen molar-refractivity contribution in [2.24, 2.45) is 0 Å². The number of amides is 1. The van der Waals surface area contributed by atoms with Crippen molar-refractivity contribution >= 4 is 35.7 Å². The molecule has 0 fully saturated rings. The summed E-state index contributed by atoms with van der Waals surface area (Å²) in [7, 11) is -2.40. The zero-order valence-electron chi connectivity index (χ0n) is 15.2. The lowest BCUT2D eigenvalue weighted by atomic mass is 10.2. The van der Waals surface area contributed by atoms with Gasteiger partial charge in [0.05, 0.1) is 6.10 Å². The normalized spacial score (nSPS) is 11.2. The van der Waals surface area contributed by atoms with Crippen LogP contribution in [-0.4, -0.2) is 21.9 Å². The number of rotatable bonds is 7. The predicted octanol–water partition coefficient (Wildman–Crippen LogP) is 4.33. The van der Waals surface area contributed by atoms with Crippen LogP contribution in [0.25, 0.3) is 0 Å². The minimum atomic E-state index is -2.40. The van der Waals surface area contributed by atoms with E-state index in [9.17, 15) is 9.36 Å². The fourth-order valence-corrected chi connectivity index (χ4v) is 3.26. The number of carbonyl (C=O) groups is 1. The van der Waals surface area contributed by atoms with E-state index < -0.39 is 8.03 Å². The molecule has 1 heterocycles. The lowest BCUT2D eigenvalue weighted by Crippen LogP contribution is -2.13. The van der Waals surface area contributed by atoms with E-state index in [1.807, 2.05) is 13.8 Å². The second-order valence-electron chi connectivity index (χ2n) is 6.02. The van der Waals surface area contributed by atoms with Crippen molar-refractivity contribution in [3.63, 3.8) is 0 Å². The molecule has 2 N–H and O–H groups in total. The van der Waals surface area contributed by atoms with E-state index >= 15 is 0 Å². The molecule has 2 aromatic carbocycles. The summed E-state index contributed by atoms with van der Waals surface area (Å²) in [5.74, 6) is 1.03. The second-order valence-corrected chi connectivity index (χ2v) is 7.98. The number of hydrogen-bond donors (Lipinski definition) is 2. The number of thiazole rings is 1. The molecule has 0 bridgehead atoms. The molecule has 0 aliphatic carbocycles. The Hall–Kier alpha value is -2.80. The van der Waals surface area contributed by atoms with Crippen molar-refractivity contribution < 1.29 is 23.7 Å². The quantitative estimate of drug-likeness (QED) is 0.555. The highest BCUT2D eigenvalue weighted by atomic mass is 32.1. The molecule has 144 valence electrons. The van der Waals surface area contributed by atoms with E-state index in [-0.39, 0.29) is 12.0 Å². The van der Waals surface area contributed by atoms with Gasteiger partial charge in [-0.1, -0.05) is 0 Å². The van der Waals surface area contributed by atoms with Crippen LogP contribution in [0.5, 0.6) is 17.2 Å². The first-order chi connectivity index (χ1) is 13.4. The van der Waals surface area contributed by atoms with E-state index in [0.29, 0.717) is 33.2 Å². The Labute approximate surface area is 166 Å². The molecule has 0 saturated heterocycles. The number of aromatic nitrogens is 1. The van der Waals surface area contributed by atoms with Crippen LogP contribution in [0, 0.1) is 0 Å². The van der Waals surface area contributed by atoms with Crippen molar-refractivity contribution in [2.75, 3.05) is 5.32 Å². The van der Waals surface area contributed by atoms with Crippen LogP contribution < -0.4 is 20.1 Å². The molecule has 9 heteroatoms. The average molecular weight is 417 g/mol. The van der Waals surface area contributed by atoms with Crippen LogP contribution in [0.4, 0.5) is 5.13 Å². The standard InChI is InChI=1S/C19H17N2O5PS/c1-12(2)25-15-9-13(18(22)21-19-20-7-8-28-19)10-16(11-15)26-14-3-5-17(6-4-14)27(23)24/h3-12H,1-2H3,(H-,20,21,22,23,24)/p+1. The van der Waals surface area contributed by atoms with Crippen LogP contribution in [0.1, 0.15) is 24.2 Å². The van der Waals surface area contributed by atoms with Crippen LogP contribution in [0.2, 0.25) is 0 Å². The third-order valence-corrected chi connectivity index (χ3v) is 4.89. The summed E-state index contributed by atoms with van der Waals surface area (Å²) in [6.07, 6.45) is 1.53. The zero-order chi connectivity index (χ0) is 20.1. The van der Waals surface area contributed by atoms with Gasteiger partial charge in [0.15, 0.2) is 5.13 Å². The maximum Gasteiger partial charge on any atom is 0.546 e. The van der Waals surface area contributed by atoms with Gasteiger partial charge in [-0.15, -0.1) is 11.3 Å². The lowest BCUT2D eigenvalue weighted by Gasteiger charge is -2.14. The monoisotopic (exact) mass is 417 g/mol. The van der Waals surface area contributed by atoms with Crippen LogP contribution >= 0.6 is 19.4 Å². The van der Waals surface area contributed by atoms with Gasteiger partial charge in [-0.05, 0) is 54.8 Å². The zero-order valence-corrected chi connectivity index (χ0v) is 16.9. The summed E-state index contributed by atoms with van der Waals surface area (Å²) in [4.78, 5) is 25.7. The van der Waals surface area contributed by atoms with E-state index in [1.54, 1.807) is 41.9 Å². The van der Waals surface area contributed by atoms with E-state index in [4.69, 9.17) is 14.4 Å². The number of benzene rings is 2. The Kier molecular flexibility index (Phi) is 6.36. The molecule has 0 aliphatic heterocycles. The van der Waals surface area contributed by atoms with Crippen molar-refractivity contribution in [2.45, 2.75) is 20.0 Å². The number of nitrogens with zero attached hydrogens (tertiary/aromatic N) is 1. The van der Waals surface area contributed by atoms with Gasteiger partial charge in [0.25, 0.3) is 5.91 Å². The third-order valence-electron chi connectivity index (χ3n) is 3.46. The highest BCUT2D eigenvalue weighted by Gasteiger charge is 2.16. The first-order valence-electron chi connectivity index (χ1n) is 8.37. The number of nitrogens with one attached hydrogen (secondary N) is 1. The maximum absolute atomic E-state index is 12.6. The highest BCUT2D eigenvalue weighted by Crippen LogP contribution is 2.29. The molecule has 3 rings (SSSR count). The molecule has 1 unspecified atom stereocenters. The van der Waals surface area contributed by atoms with E-state index in [1.165, 1.54) is 23.5 Å². The summed E-state index contributed by atoms with van der Waals surface area (Å²) in [6, 6.07) is 11.1. The van der Waals surface area contributed by atoms with Gasteiger partial charge in [0.2, 0.25) is 5.30 Å². The fourth-order valence-electron chi connectivity index (χ4n) is 2.33. The number of hydrogen-bond acceptors (Lipinski definition) is 6. The summed E-state index contributed by atoms with van der Waals surface area (Å²) in [5, 5.41) is 5.30. The number of anilines is 1. The van der Waals surface area contributed by atoms with Gasteiger partial charge >= 0.3 is 8.03 Å². The minimum Gasteiger partial charge on any atom is -0.491 e.